The summed E-state index contributed by atoms with van der Waals surface area (Å²) in [5.74, 6) is 2.20. The van der Waals surface area contributed by atoms with Crippen LogP contribution < -0.4 is 10.6 Å². The van der Waals surface area contributed by atoms with E-state index in [1.807, 2.05) is 31.3 Å². The molecule has 0 saturated heterocycles. The van der Waals surface area contributed by atoms with Crippen molar-refractivity contribution in [3.63, 3.8) is 0 Å². The maximum absolute atomic E-state index is 12.5. The number of fused-ring (bicyclic) bond motifs is 1. The zero-order chi connectivity index (χ0) is 12.7. The van der Waals surface area contributed by atoms with Gasteiger partial charge in [0.25, 0.3) is 0 Å². The molecule has 1 aromatic carbocycles. The van der Waals surface area contributed by atoms with Crippen molar-refractivity contribution in [1.29, 1.82) is 0 Å². The molecule has 0 bridgehead atoms. The van der Waals surface area contributed by atoms with Crippen molar-refractivity contribution in [3.05, 3.63) is 29.8 Å². The predicted molar refractivity (Wildman–Crippen MR) is 72.1 cm³/mol. The van der Waals surface area contributed by atoms with E-state index in [9.17, 15) is 4.79 Å². The molecule has 1 amide bonds. The van der Waals surface area contributed by atoms with E-state index < -0.39 is 0 Å². The maximum atomic E-state index is 12.5. The van der Waals surface area contributed by atoms with Gasteiger partial charge in [-0.2, -0.15) is 0 Å². The monoisotopic (exact) mass is 244 g/mol. The van der Waals surface area contributed by atoms with Gasteiger partial charge in [-0.15, -0.1) is 0 Å². The molecule has 2 aliphatic carbocycles. The summed E-state index contributed by atoms with van der Waals surface area (Å²) in [4.78, 5) is 14.3. The number of carbonyl (C=O) groups excluding carboxylic acids is 1. The fourth-order valence-corrected chi connectivity index (χ4v) is 3.32. The van der Waals surface area contributed by atoms with Crippen LogP contribution in [0.2, 0.25) is 0 Å². The van der Waals surface area contributed by atoms with Crippen LogP contribution in [0.4, 0.5) is 5.69 Å². The molecule has 2 saturated carbocycles. The molecule has 2 atom stereocenters. The Hall–Kier alpha value is -1.35. The second-order valence-electron chi connectivity index (χ2n) is 5.65. The minimum atomic E-state index is 0.240. The normalized spacial score (nSPS) is 28.9. The molecule has 2 N–H and O–H groups in total. The van der Waals surface area contributed by atoms with E-state index in [1.165, 1.54) is 6.42 Å². The Balaban J connectivity index is 1.76. The highest BCUT2D eigenvalue weighted by Gasteiger charge is 2.48. The first-order valence-corrected chi connectivity index (χ1v) is 6.76. The van der Waals surface area contributed by atoms with Gasteiger partial charge in [0.15, 0.2) is 0 Å². The van der Waals surface area contributed by atoms with Gasteiger partial charge in [-0.1, -0.05) is 18.2 Å². The molecule has 2 fully saturated rings. The lowest BCUT2D eigenvalue weighted by Crippen LogP contribution is -2.33. The summed E-state index contributed by atoms with van der Waals surface area (Å²) in [6, 6.07) is 7.90. The predicted octanol–water partition coefficient (Wildman–Crippen LogP) is 2.15. The van der Waals surface area contributed by atoms with Gasteiger partial charge in [0, 0.05) is 25.2 Å². The highest BCUT2D eigenvalue weighted by molar-refractivity contribution is 5.95. The molecule has 3 nitrogen and oxygen atoms in total. The van der Waals surface area contributed by atoms with Gasteiger partial charge >= 0.3 is 0 Å². The fourth-order valence-electron chi connectivity index (χ4n) is 3.32. The summed E-state index contributed by atoms with van der Waals surface area (Å²) < 4.78 is 0. The van der Waals surface area contributed by atoms with Gasteiger partial charge < -0.3 is 10.6 Å². The van der Waals surface area contributed by atoms with Crippen molar-refractivity contribution in [2.45, 2.75) is 25.8 Å². The molecule has 18 heavy (non-hydrogen) atoms. The molecule has 0 spiro atoms. The van der Waals surface area contributed by atoms with Crippen molar-refractivity contribution in [1.82, 2.24) is 0 Å². The highest BCUT2D eigenvalue weighted by Crippen LogP contribution is 2.54. The van der Waals surface area contributed by atoms with Crippen LogP contribution in [0, 0.1) is 17.8 Å². The third-order valence-corrected chi connectivity index (χ3v) is 4.50. The summed E-state index contributed by atoms with van der Waals surface area (Å²) >= 11 is 0. The average Bonchev–Trinajstić information content (AvgIpc) is 3.03. The molecule has 3 rings (SSSR count). The summed E-state index contributed by atoms with van der Waals surface area (Å²) in [7, 11) is 1.88. The van der Waals surface area contributed by atoms with Gasteiger partial charge in [0.05, 0.1) is 0 Å². The smallest absolute Gasteiger partial charge is 0.229 e. The number of hydrogen-bond acceptors (Lipinski definition) is 2. The lowest BCUT2D eigenvalue weighted by molar-refractivity contribution is -0.122. The minimum absolute atomic E-state index is 0.240. The van der Waals surface area contributed by atoms with Gasteiger partial charge in [0.1, 0.15) is 0 Å². The quantitative estimate of drug-likeness (QED) is 0.885. The van der Waals surface area contributed by atoms with Gasteiger partial charge in [-0.3, -0.25) is 4.79 Å². The van der Waals surface area contributed by atoms with E-state index in [1.54, 1.807) is 4.90 Å². The molecule has 96 valence electrons. The van der Waals surface area contributed by atoms with Gasteiger partial charge in [-0.05, 0) is 42.7 Å². The lowest BCUT2D eigenvalue weighted by atomic mass is 10.0. The first kappa shape index (κ1) is 11.7. The second kappa shape index (κ2) is 4.39. The van der Waals surface area contributed by atoms with E-state index in [-0.39, 0.29) is 11.8 Å². The minimum Gasteiger partial charge on any atom is -0.326 e. The number of hydrogen-bond donors (Lipinski definition) is 1. The molecule has 3 heteroatoms. The first-order chi connectivity index (χ1) is 8.70. The highest BCUT2D eigenvalue weighted by atomic mass is 16.2. The summed E-state index contributed by atoms with van der Waals surface area (Å²) in [5, 5.41) is 0. The molecular weight excluding hydrogens is 224 g/mol. The van der Waals surface area contributed by atoms with Crippen LogP contribution in [0.1, 0.15) is 24.8 Å². The number of nitrogens with zero attached hydrogens (tertiary/aromatic N) is 1. The Labute approximate surface area is 108 Å². The van der Waals surface area contributed by atoms with Crippen LogP contribution in [0.3, 0.4) is 0 Å². The number of amides is 1. The summed E-state index contributed by atoms with van der Waals surface area (Å²) in [6.45, 7) is 0.476. The third kappa shape index (κ3) is 1.93. The molecule has 0 heterocycles. The second-order valence-corrected chi connectivity index (χ2v) is 5.65. The van der Waals surface area contributed by atoms with Crippen LogP contribution in [0.25, 0.3) is 0 Å². The number of anilines is 1. The van der Waals surface area contributed by atoms with E-state index in [0.717, 1.165) is 35.9 Å². The van der Waals surface area contributed by atoms with Crippen LogP contribution in [-0.2, 0) is 11.3 Å². The van der Waals surface area contributed by atoms with E-state index in [0.29, 0.717) is 6.54 Å². The van der Waals surface area contributed by atoms with E-state index in [2.05, 4.69) is 0 Å². The molecule has 0 aromatic heterocycles. The maximum Gasteiger partial charge on any atom is 0.229 e. The number of para-hydroxylation sites is 1. The SMILES string of the molecule is CN(C(=O)C1CC2CC2C1)c1ccccc1CN. The molecule has 0 radical (unpaired) electrons. The van der Waals surface area contributed by atoms with Crippen molar-refractivity contribution >= 4 is 11.6 Å². The van der Waals surface area contributed by atoms with Gasteiger partial charge in [0.2, 0.25) is 5.91 Å². The Morgan fingerprint density at radius 2 is 1.94 bits per heavy atom. The summed E-state index contributed by atoms with van der Waals surface area (Å²) in [6.07, 6.45) is 3.55. The zero-order valence-electron chi connectivity index (χ0n) is 10.8. The van der Waals surface area contributed by atoms with Crippen molar-refractivity contribution in [2.24, 2.45) is 23.5 Å². The Morgan fingerprint density at radius 1 is 1.28 bits per heavy atom. The Kier molecular flexibility index (Phi) is 2.86. The third-order valence-electron chi connectivity index (χ3n) is 4.50. The molecule has 2 unspecified atom stereocenters. The molecule has 1 aromatic rings. The zero-order valence-corrected chi connectivity index (χ0v) is 10.8. The van der Waals surface area contributed by atoms with Crippen molar-refractivity contribution < 1.29 is 4.79 Å². The molecule has 0 aliphatic heterocycles. The molecule has 2 aliphatic rings. The lowest BCUT2D eigenvalue weighted by Gasteiger charge is -2.24. The van der Waals surface area contributed by atoms with Crippen molar-refractivity contribution in [2.75, 3.05) is 11.9 Å². The average molecular weight is 244 g/mol. The van der Waals surface area contributed by atoms with E-state index in [4.69, 9.17) is 5.73 Å². The standard InChI is InChI=1S/C15H20N2O/c1-17(14-5-3-2-4-10(14)9-16)15(18)13-7-11-6-12(11)8-13/h2-5,11-13H,6-9,16H2,1H3. The van der Waals surface area contributed by atoms with Crippen molar-refractivity contribution in [3.8, 4) is 0 Å². The van der Waals surface area contributed by atoms with Crippen LogP contribution in [0.15, 0.2) is 24.3 Å². The molecular formula is C15H20N2O. The number of nitrogens with two attached hydrogens (primary N) is 1. The first-order valence-electron chi connectivity index (χ1n) is 6.76. The largest absolute Gasteiger partial charge is 0.326 e. The number of rotatable bonds is 3. The van der Waals surface area contributed by atoms with Gasteiger partial charge in [-0.25, -0.2) is 0 Å². The van der Waals surface area contributed by atoms with Crippen LogP contribution in [0.5, 0.6) is 0 Å². The Bertz CT molecular complexity index is 461. The van der Waals surface area contributed by atoms with Crippen LogP contribution in [-0.4, -0.2) is 13.0 Å². The Morgan fingerprint density at radius 3 is 2.61 bits per heavy atom. The topological polar surface area (TPSA) is 46.3 Å². The van der Waals surface area contributed by atoms with E-state index >= 15 is 0 Å². The number of benzene rings is 1. The fraction of sp³-hybridized carbons (Fsp3) is 0.533. The summed E-state index contributed by atoms with van der Waals surface area (Å²) in [5.41, 5.74) is 7.74. The van der Waals surface area contributed by atoms with Crippen LogP contribution >= 0.6 is 0 Å². The number of carbonyl (C=O) groups is 1.